The minimum absolute atomic E-state index is 0.157. The molecule has 0 radical (unpaired) electrons. The lowest BCUT2D eigenvalue weighted by Crippen LogP contribution is -2.47. The summed E-state index contributed by atoms with van der Waals surface area (Å²) < 4.78 is 5.90. The van der Waals surface area contributed by atoms with Gasteiger partial charge in [-0.3, -0.25) is 4.79 Å². The zero-order valence-electron chi connectivity index (χ0n) is 17.3. The van der Waals surface area contributed by atoms with E-state index in [1.807, 2.05) is 36.4 Å². The molecule has 2 aromatic carbocycles. The molecule has 1 aromatic heterocycles. The van der Waals surface area contributed by atoms with Crippen LogP contribution < -0.4 is 5.32 Å². The van der Waals surface area contributed by atoms with Crippen LogP contribution in [0.4, 0.5) is 5.69 Å². The highest BCUT2D eigenvalue weighted by Gasteiger charge is 2.51. The molecule has 1 amide bonds. The number of rotatable bonds is 5. The van der Waals surface area contributed by atoms with Gasteiger partial charge < -0.3 is 9.73 Å². The first-order valence-corrected chi connectivity index (χ1v) is 11.4. The number of amides is 1. The van der Waals surface area contributed by atoms with Crippen molar-refractivity contribution in [2.24, 2.45) is 23.2 Å². The molecular weight excluding hydrogens is 372 g/mol. The Labute approximate surface area is 177 Å². The van der Waals surface area contributed by atoms with Crippen LogP contribution in [0, 0.1) is 23.2 Å². The average Bonchev–Trinajstić information content (AvgIpc) is 3.08. The van der Waals surface area contributed by atoms with Crippen LogP contribution in [-0.2, 0) is 11.2 Å². The van der Waals surface area contributed by atoms with E-state index in [-0.39, 0.29) is 11.3 Å². The predicted octanol–water partition coefficient (Wildman–Crippen LogP) is 5.96. The Morgan fingerprint density at radius 3 is 2.40 bits per heavy atom. The van der Waals surface area contributed by atoms with E-state index >= 15 is 0 Å². The molecule has 4 fully saturated rings. The first-order chi connectivity index (χ1) is 14.6. The number of oxazole rings is 1. The summed E-state index contributed by atoms with van der Waals surface area (Å²) in [4.78, 5) is 17.6. The van der Waals surface area contributed by atoms with Crippen molar-refractivity contribution in [2.45, 2.75) is 51.4 Å². The molecule has 0 unspecified atom stereocenters. The molecule has 1 N–H and O–H groups in total. The lowest BCUT2D eigenvalue weighted by molar-refractivity contribution is -0.124. The Morgan fingerprint density at radius 2 is 1.70 bits per heavy atom. The summed E-state index contributed by atoms with van der Waals surface area (Å²) in [7, 11) is 0. The molecule has 7 rings (SSSR count). The molecule has 4 saturated carbocycles. The molecule has 4 heteroatoms. The Balaban J connectivity index is 1.15. The third-order valence-electron chi connectivity index (χ3n) is 7.61. The van der Waals surface area contributed by atoms with Crippen molar-refractivity contribution < 1.29 is 9.21 Å². The van der Waals surface area contributed by atoms with Crippen molar-refractivity contribution in [3.8, 4) is 0 Å². The molecule has 4 bridgehead atoms. The molecule has 1 heterocycles. The molecule has 4 aliphatic rings. The van der Waals surface area contributed by atoms with Gasteiger partial charge in [0.05, 0.1) is 0 Å². The third kappa shape index (κ3) is 3.42. The zero-order chi connectivity index (χ0) is 20.1. The summed E-state index contributed by atoms with van der Waals surface area (Å²) in [6.07, 6.45) is 9.36. The molecular formula is C26H28N2O2. The van der Waals surface area contributed by atoms with Gasteiger partial charge in [0.25, 0.3) is 0 Å². The number of fused-ring (bicyclic) bond motifs is 1. The maximum Gasteiger partial charge on any atom is 0.224 e. The van der Waals surface area contributed by atoms with E-state index in [9.17, 15) is 4.79 Å². The topological polar surface area (TPSA) is 55.1 Å². The highest BCUT2D eigenvalue weighted by molar-refractivity contribution is 5.93. The van der Waals surface area contributed by atoms with E-state index in [0.717, 1.165) is 34.5 Å². The minimum Gasteiger partial charge on any atom is -0.440 e. The standard InChI is InChI=1S/C26H28N2O2/c29-24(16-26-13-18-8-19(14-26)10-20(9-18)15-26)27-21-6-7-23-22(12-21)28-25(30-23)11-17-4-2-1-3-5-17/h1-7,12,18-20H,8-11,13-16H2,(H,27,29). The van der Waals surface area contributed by atoms with Gasteiger partial charge in [-0.1, -0.05) is 30.3 Å². The normalized spacial score (nSPS) is 29.4. The monoisotopic (exact) mass is 400 g/mol. The van der Waals surface area contributed by atoms with Crippen molar-refractivity contribution >= 4 is 22.7 Å². The second-order valence-electron chi connectivity index (χ2n) is 10.1. The van der Waals surface area contributed by atoms with Crippen LogP contribution in [-0.4, -0.2) is 10.9 Å². The largest absolute Gasteiger partial charge is 0.440 e. The van der Waals surface area contributed by atoms with Gasteiger partial charge in [-0.25, -0.2) is 4.98 Å². The summed E-state index contributed by atoms with van der Waals surface area (Å²) in [6.45, 7) is 0. The number of carbonyl (C=O) groups is 1. The maximum absolute atomic E-state index is 12.9. The van der Waals surface area contributed by atoms with Crippen molar-refractivity contribution in [1.29, 1.82) is 0 Å². The van der Waals surface area contributed by atoms with Crippen LogP contribution in [0.2, 0.25) is 0 Å². The van der Waals surface area contributed by atoms with Gasteiger partial charge in [0.2, 0.25) is 5.91 Å². The Bertz CT molecular complexity index is 1050. The van der Waals surface area contributed by atoms with Gasteiger partial charge in [0.1, 0.15) is 5.52 Å². The van der Waals surface area contributed by atoms with Gasteiger partial charge in [0.15, 0.2) is 11.5 Å². The number of nitrogens with one attached hydrogen (secondary N) is 1. The summed E-state index contributed by atoms with van der Waals surface area (Å²) in [6, 6.07) is 16.0. The number of nitrogens with zero attached hydrogens (tertiary/aromatic N) is 1. The summed E-state index contributed by atoms with van der Waals surface area (Å²) in [5, 5.41) is 3.15. The van der Waals surface area contributed by atoms with Crippen LogP contribution in [0.25, 0.3) is 11.1 Å². The fourth-order valence-corrected chi connectivity index (χ4v) is 6.95. The van der Waals surface area contributed by atoms with E-state index in [2.05, 4.69) is 22.4 Å². The smallest absolute Gasteiger partial charge is 0.224 e. The molecule has 154 valence electrons. The van der Waals surface area contributed by atoms with Gasteiger partial charge in [-0.05, 0) is 85.5 Å². The molecule has 30 heavy (non-hydrogen) atoms. The van der Waals surface area contributed by atoms with Gasteiger partial charge in [-0.15, -0.1) is 0 Å². The number of hydrogen-bond donors (Lipinski definition) is 1. The van der Waals surface area contributed by atoms with Crippen molar-refractivity contribution in [3.05, 3.63) is 60.0 Å². The quantitative estimate of drug-likeness (QED) is 0.574. The van der Waals surface area contributed by atoms with Gasteiger partial charge >= 0.3 is 0 Å². The Kier molecular flexibility index (Phi) is 4.22. The molecule has 3 aromatic rings. The second-order valence-corrected chi connectivity index (χ2v) is 10.1. The number of benzene rings is 2. The van der Waals surface area contributed by atoms with Gasteiger partial charge in [-0.2, -0.15) is 0 Å². The average molecular weight is 401 g/mol. The highest BCUT2D eigenvalue weighted by atomic mass is 16.3. The molecule has 0 atom stereocenters. The SMILES string of the molecule is O=C(CC12CC3CC(CC(C3)C1)C2)Nc1ccc2oc(Cc3ccccc3)nc2c1. The summed E-state index contributed by atoms with van der Waals surface area (Å²) >= 11 is 0. The van der Waals surface area contributed by atoms with Crippen LogP contribution in [0.15, 0.2) is 52.9 Å². The lowest BCUT2D eigenvalue weighted by Gasteiger charge is -2.56. The number of aromatic nitrogens is 1. The molecule has 4 aliphatic carbocycles. The molecule has 0 saturated heterocycles. The van der Waals surface area contributed by atoms with Crippen LogP contribution in [0.3, 0.4) is 0 Å². The van der Waals surface area contributed by atoms with E-state index < -0.39 is 0 Å². The minimum atomic E-state index is 0.157. The van der Waals surface area contributed by atoms with Crippen molar-refractivity contribution in [1.82, 2.24) is 4.98 Å². The van der Waals surface area contributed by atoms with Gasteiger partial charge in [0, 0.05) is 18.5 Å². The van der Waals surface area contributed by atoms with Crippen LogP contribution in [0.5, 0.6) is 0 Å². The fraction of sp³-hybridized carbons (Fsp3) is 0.462. The first kappa shape index (κ1) is 18.2. The van der Waals surface area contributed by atoms with Crippen molar-refractivity contribution in [2.75, 3.05) is 5.32 Å². The lowest BCUT2D eigenvalue weighted by atomic mass is 9.49. The fourth-order valence-electron chi connectivity index (χ4n) is 6.95. The Hall–Kier alpha value is -2.62. The number of carbonyl (C=O) groups excluding carboxylic acids is 1. The summed E-state index contributed by atoms with van der Waals surface area (Å²) in [5.41, 5.74) is 3.82. The number of anilines is 1. The zero-order valence-corrected chi connectivity index (χ0v) is 17.3. The van der Waals surface area contributed by atoms with E-state index in [1.54, 1.807) is 0 Å². The van der Waals surface area contributed by atoms with Crippen molar-refractivity contribution in [3.63, 3.8) is 0 Å². The maximum atomic E-state index is 12.9. The number of hydrogen-bond acceptors (Lipinski definition) is 3. The van der Waals surface area contributed by atoms with E-state index in [4.69, 9.17) is 4.42 Å². The molecule has 0 aliphatic heterocycles. The second kappa shape index (κ2) is 6.97. The van der Waals surface area contributed by atoms with Crippen LogP contribution in [0.1, 0.15) is 56.4 Å². The summed E-state index contributed by atoms with van der Waals surface area (Å²) in [5.74, 6) is 3.48. The molecule has 4 nitrogen and oxygen atoms in total. The first-order valence-electron chi connectivity index (χ1n) is 11.4. The predicted molar refractivity (Wildman–Crippen MR) is 117 cm³/mol. The molecule has 0 spiro atoms. The van der Waals surface area contributed by atoms with E-state index in [0.29, 0.717) is 18.7 Å². The van der Waals surface area contributed by atoms with Crippen LogP contribution >= 0.6 is 0 Å². The highest BCUT2D eigenvalue weighted by Crippen LogP contribution is 2.61. The Morgan fingerprint density at radius 1 is 1.00 bits per heavy atom. The third-order valence-corrected chi connectivity index (χ3v) is 7.61. The van der Waals surface area contributed by atoms with E-state index in [1.165, 1.54) is 44.1 Å².